The summed E-state index contributed by atoms with van der Waals surface area (Å²) < 4.78 is 5.49. The number of anilines is 1. The molecule has 102 valence electrons. The van der Waals surface area contributed by atoms with Crippen molar-refractivity contribution in [1.29, 1.82) is 0 Å². The van der Waals surface area contributed by atoms with Crippen LogP contribution >= 0.6 is 0 Å². The maximum atomic E-state index is 11.9. The molecule has 1 aliphatic heterocycles. The Bertz CT molecular complexity index is 481. The van der Waals surface area contributed by atoms with Crippen LogP contribution in [0.5, 0.6) is 5.75 Å². The molecular formula is C14H18N2O3. The van der Waals surface area contributed by atoms with Gasteiger partial charge in [-0.15, -0.1) is 0 Å². The van der Waals surface area contributed by atoms with E-state index in [0.717, 1.165) is 0 Å². The Hall–Kier alpha value is -2.04. The molecule has 2 unspecified atom stereocenters. The molecule has 0 spiro atoms. The zero-order valence-corrected chi connectivity index (χ0v) is 11.1. The summed E-state index contributed by atoms with van der Waals surface area (Å²) in [4.78, 5) is 25.0. The molecule has 2 rings (SSSR count). The first-order valence-corrected chi connectivity index (χ1v) is 6.35. The summed E-state index contributed by atoms with van der Waals surface area (Å²) in [5, 5.41) is 0. The number of rotatable bonds is 4. The molecule has 0 bridgehead atoms. The largest absolute Gasteiger partial charge is 0.490 e. The monoisotopic (exact) mass is 262 g/mol. The van der Waals surface area contributed by atoms with Gasteiger partial charge in [-0.2, -0.15) is 0 Å². The molecule has 1 aliphatic rings. The van der Waals surface area contributed by atoms with Gasteiger partial charge in [0.15, 0.2) is 0 Å². The maximum absolute atomic E-state index is 11.9. The van der Waals surface area contributed by atoms with Crippen LogP contribution in [-0.4, -0.2) is 29.9 Å². The van der Waals surface area contributed by atoms with E-state index in [-0.39, 0.29) is 36.8 Å². The number of hydrogen-bond donors (Lipinski definition) is 1. The van der Waals surface area contributed by atoms with Gasteiger partial charge >= 0.3 is 0 Å². The van der Waals surface area contributed by atoms with Crippen molar-refractivity contribution >= 4 is 17.5 Å². The first-order chi connectivity index (χ1) is 9.02. The van der Waals surface area contributed by atoms with Crippen molar-refractivity contribution in [3.05, 3.63) is 24.3 Å². The van der Waals surface area contributed by atoms with Gasteiger partial charge in [0.25, 0.3) is 0 Å². The van der Waals surface area contributed by atoms with Crippen LogP contribution in [0.25, 0.3) is 0 Å². The molecule has 0 radical (unpaired) electrons. The number of imide groups is 1. The van der Waals surface area contributed by atoms with Gasteiger partial charge < -0.3 is 10.5 Å². The second kappa shape index (κ2) is 5.30. The molecule has 1 aromatic rings. The molecule has 1 heterocycles. The number of hydrogen-bond acceptors (Lipinski definition) is 4. The normalized spacial score (nSPS) is 22.9. The molecule has 5 nitrogen and oxygen atoms in total. The Balaban J connectivity index is 1.92. The van der Waals surface area contributed by atoms with E-state index in [1.165, 1.54) is 4.90 Å². The fraction of sp³-hybridized carbons (Fsp3) is 0.429. The second-order valence-corrected chi connectivity index (χ2v) is 4.79. The number of nitrogens with zero attached hydrogens (tertiary/aromatic N) is 1. The number of nitrogen functional groups attached to an aromatic ring is 1. The molecule has 0 aromatic heterocycles. The van der Waals surface area contributed by atoms with Crippen molar-refractivity contribution in [2.45, 2.75) is 13.8 Å². The first-order valence-electron chi connectivity index (χ1n) is 6.35. The maximum Gasteiger partial charge on any atom is 0.232 e. The average Bonchev–Trinajstić information content (AvgIpc) is 2.58. The number of carbonyl (C=O) groups is 2. The highest BCUT2D eigenvalue weighted by atomic mass is 16.5. The van der Waals surface area contributed by atoms with Gasteiger partial charge in [0.2, 0.25) is 11.8 Å². The lowest BCUT2D eigenvalue weighted by Gasteiger charge is -2.15. The van der Waals surface area contributed by atoms with E-state index < -0.39 is 0 Å². The van der Waals surface area contributed by atoms with Crippen molar-refractivity contribution in [1.82, 2.24) is 4.90 Å². The third-order valence-corrected chi connectivity index (χ3v) is 3.55. The van der Waals surface area contributed by atoms with Gasteiger partial charge in [-0.25, -0.2) is 0 Å². The molecule has 19 heavy (non-hydrogen) atoms. The molecule has 1 saturated heterocycles. The smallest absolute Gasteiger partial charge is 0.232 e. The molecular weight excluding hydrogens is 244 g/mol. The van der Waals surface area contributed by atoms with E-state index in [1.54, 1.807) is 26.0 Å². The number of ether oxygens (including phenoxy) is 1. The van der Waals surface area contributed by atoms with Crippen LogP contribution in [0.1, 0.15) is 13.8 Å². The predicted molar refractivity (Wildman–Crippen MR) is 71.4 cm³/mol. The zero-order chi connectivity index (χ0) is 14.0. The summed E-state index contributed by atoms with van der Waals surface area (Å²) in [5.41, 5.74) is 6.29. The highest BCUT2D eigenvalue weighted by molar-refractivity contribution is 6.04. The minimum atomic E-state index is -0.241. The third kappa shape index (κ3) is 2.54. The molecule has 2 atom stereocenters. The molecule has 2 N–H and O–H groups in total. The van der Waals surface area contributed by atoms with Gasteiger partial charge in [-0.05, 0) is 12.1 Å². The highest BCUT2D eigenvalue weighted by Crippen LogP contribution is 2.25. The fourth-order valence-corrected chi connectivity index (χ4v) is 2.11. The lowest BCUT2D eigenvalue weighted by molar-refractivity contribution is -0.140. The van der Waals surface area contributed by atoms with Crippen LogP contribution in [-0.2, 0) is 9.59 Å². The van der Waals surface area contributed by atoms with Crippen LogP contribution < -0.4 is 10.5 Å². The van der Waals surface area contributed by atoms with Crippen LogP contribution in [0.4, 0.5) is 5.69 Å². The van der Waals surface area contributed by atoms with Crippen LogP contribution in [0.15, 0.2) is 24.3 Å². The summed E-state index contributed by atoms with van der Waals surface area (Å²) in [5.74, 6) is -0.157. The zero-order valence-electron chi connectivity index (χ0n) is 11.1. The number of likely N-dealkylation sites (tertiary alicyclic amines) is 1. The fourth-order valence-electron chi connectivity index (χ4n) is 2.11. The van der Waals surface area contributed by atoms with Crippen molar-refractivity contribution in [3.63, 3.8) is 0 Å². The van der Waals surface area contributed by atoms with Crippen molar-refractivity contribution in [2.24, 2.45) is 11.8 Å². The van der Waals surface area contributed by atoms with Crippen molar-refractivity contribution in [2.75, 3.05) is 18.9 Å². The Kier molecular flexibility index (Phi) is 3.74. The predicted octanol–water partition coefficient (Wildman–Crippen LogP) is 1.29. The first kappa shape index (κ1) is 13.4. The van der Waals surface area contributed by atoms with E-state index in [9.17, 15) is 9.59 Å². The minimum Gasteiger partial charge on any atom is -0.490 e. The standard InChI is InChI=1S/C14H18N2O3/c1-9-10(2)14(18)16(13(9)17)7-8-19-12-6-4-3-5-11(12)15/h3-6,9-10H,7-8,15H2,1-2H3. The van der Waals surface area contributed by atoms with Gasteiger partial charge in [-0.3, -0.25) is 14.5 Å². The number of para-hydroxylation sites is 2. The van der Waals surface area contributed by atoms with Gasteiger partial charge in [0, 0.05) is 11.8 Å². The van der Waals surface area contributed by atoms with E-state index in [4.69, 9.17) is 10.5 Å². The number of benzene rings is 1. The quantitative estimate of drug-likeness (QED) is 0.655. The summed E-state index contributed by atoms with van der Waals surface area (Å²) in [6, 6.07) is 7.14. The Morgan fingerprint density at radius 2 is 1.74 bits per heavy atom. The molecule has 0 aliphatic carbocycles. The summed E-state index contributed by atoms with van der Waals surface area (Å²) in [6.45, 7) is 4.08. The topological polar surface area (TPSA) is 72.6 Å². The number of carbonyl (C=O) groups excluding carboxylic acids is 2. The molecule has 1 fully saturated rings. The van der Waals surface area contributed by atoms with E-state index in [0.29, 0.717) is 11.4 Å². The Labute approximate surface area is 112 Å². The van der Waals surface area contributed by atoms with Gasteiger partial charge in [0.05, 0.1) is 12.2 Å². The molecule has 2 amide bonds. The summed E-state index contributed by atoms with van der Waals surface area (Å²) in [7, 11) is 0. The summed E-state index contributed by atoms with van der Waals surface area (Å²) >= 11 is 0. The number of nitrogens with two attached hydrogens (primary N) is 1. The number of amides is 2. The molecule has 1 aromatic carbocycles. The SMILES string of the molecule is CC1C(=O)N(CCOc2ccccc2N)C(=O)C1C. The second-order valence-electron chi connectivity index (χ2n) is 4.79. The minimum absolute atomic E-state index is 0.123. The lowest BCUT2D eigenvalue weighted by atomic mass is 10.00. The average molecular weight is 262 g/mol. The van der Waals surface area contributed by atoms with Crippen molar-refractivity contribution in [3.8, 4) is 5.75 Å². The lowest BCUT2D eigenvalue weighted by Crippen LogP contribution is -2.34. The summed E-state index contributed by atoms with van der Waals surface area (Å²) in [6.07, 6.45) is 0. The molecule has 0 saturated carbocycles. The van der Waals surface area contributed by atoms with Crippen LogP contribution in [0, 0.1) is 11.8 Å². The van der Waals surface area contributed by atoms with Crippen molar-refractivity contribution < 1.29 is 14.3 Å². The van der Waals surface area contributed by atoms with Crippen LogP contribution in [0.3, 0.4) is 0 Å². The van der Waals surface area contributed by atoms with E-state index in [1.807, 2.05) is 12.1 Å². The molecule has 5 heteroatoms. The van der Waals surface area contributed by atoms with Crippen LogP contribution in [0.2, 0.25) is 0 Å². The van der Waals surface area contributed by atoms with E-state index in [2.05, 4.69) is 0 Å². The third-order valence-electron chi connectivity index (χ3n) is 3.55. The van der Waals surface area contributed by atoms with E-state index >= 15 is 0 Å². The Morgan fingerprint density at radius 3 is 2.32 bits per heavy atom. The highest BCUT2D eigenvalue weighted by Gasteiger charge is 2.41. The van der Waals surface area contributed by atoms with Gasteiger partial charge in [0.1, 0.15) is 12.4 Å². The Morgan fingerprint density at radius 1 is 1.16 bits per heavy atom. The van der Waals surface area contributed by atoms with Gasteiger partial charge in [-0.1, -0.05) is 26.0 Å².